The van der Waals surface area contributed by atoms with E-state index in [1.54, 1.807) is 0 Å². The van der Waals surface area contributed by atoms with Gasteiger partial charge >= 0.3 is 0 Å². The fourth-order valence-electron chi connectivity index (χ4n) is 5.55. The molecule has 3 atom stereocenters. The SMILES string of the molecule is Cc1noc(C)c1-c1ccc(C2C(N)N(c3nc4ccccc4[nH]3)C2N2CCN(C)CC2)cc1. The molecule has 8 nitrogen and oxygen atoms in total. The van der Waals surface area contributed by atoms with E-state index in [2.05, 4.69) is 62.2 Å². The molecule has 2 fully saturated rings. The number of nitrogens with two attached hydrogens (primary N) is 1. The standard InChI is InChI=1S/C26H31N7O/c1-16-22(17(2)34-30-16)18-8-10-19(11-9-18)23-24(27)33(25(23)32-14-12-31(3)13-15-32)26-28-20-6-4-5-7-21(20)29-26/h4-11,23-25H,12-15,27H2,1-3H3,(H,28,29). The van der Waals surface area contributed by atoms with Crippen LogP contribution in [-0.2, 0) is 0 Å². The van der Waals surface area contributed by atoms with Gasteiger partial charge in [-0.05, 0) is 44.2 Å². The largest absolute Gasteiger partial charge is 0.361 e. The summed E-state index contributed by atoms with van der Waals surface area (Å²) in [5.41, 5.74) is 13.2. The van der Waals surface area contributed by atoms with Crippen LogP contribution >= 0.6 is 0 Å². The first-order valence-electron chi connectivity index (χ1n) is 12.0. The van der Waals surface area contributed by atoms with E-state index in [0.717, 1.165) is 65.7 Å². The first kappa shape index (κ1) is 21.3. The number of nitrogens with zero attached hydrogens (tertiary/aromatic N) is 5. The summed E-state index contributed by atoms with van der Waals surface area (Å²) >= 11 is 0. The van der Waals surface area contributed by atoms with Crippen LogP contribution in [0, 0.1) is 13.8 Å². The molecule has 34 heavy (non-hydrogen) atoms. The quantitative estimate of drug-likeness (QED) is 0.486. The van der Waals surface area contributed by atoms with Crippen molar-refractivity contribution in [3.8, 4) is 11.1 Å². The topological polar surface area (TPSA) is 90.4 Å². The second-order valence-electron chi connectivity index (χ2n) is 9.58. The molecule has 0 spiro atoms. The summed E-state index contributed by atoms with van der Waals surface area (Å²) < 4.78 is 5.37. The lowest BCUT2D eigenvalue weighted by molar-refractivity contribution is 0.0443. The van der Waals surface area contributed by atoms with Gasteiger partial charge in [0.25, 0.3) is 0 Å². The van der Waals surface area contributed by atoms with Gasteiger partial charge in [-0.2, -0.15) is 0 Å². The number of hydrogen-bond acceptors (Lipinski definition) is 7. The van der Waals surface area contributed by atoms with Crippen LogP contribution in [0.3, 0.4) is 0 Å². The second-order valence-corrected chi connectivity index (χ2v) is 9.58. The van der Waals surface area contributed by atoms with Crippen molar-refractivity contribution in [2.75, 3.05) is 38.1 Å². The van der Waals surface area contributed by atoms with Gasteiger partial charge in [-0.25, -0.2) is 4.98 Å². The zero-order chi connectivity index (χ0) is 23.4. The predicted octanol–water partition coefficient (Wildman–Crippen LogP) is 3.30. The van der Waals surface area contributed by atoms with Gasteiger partial charge in [0.05, 0.1) is 35.0 Å². The second kappa shape index (κ2) is 8.23. The minimum absolute atomic E-state index is 0.157. The molecule has 2 aromatic carbocycles. The van der Waals surface area contributed by atoms with E-state index < -0.39 is 0 Å². The van der Waals surface area contributed by atoms with Crippen molar-refractivity contribution in [3.05, 3.63) is 65.5 Å². The first-order valence-corrected chi connectivity index (χ1v) is 12.0. The summed E-state index contributed by atoms with van der Waals surface area (Å²) in [4.78, 5) is 15.6. The molecule has 2 aliphatic rings. The fraction of sp³-hybridized carbons (Fsp3) is 0.385. The summed E-state index contributed by atoms with van der Waals surface area (Å²) in [6, 6.07) is 16.9. The summed E-state index contributed by atoms with van der Waals surface area (Å²) in [7, 11) is 2.19. The predicted molar refractivity (Wildman–Crippen MR) is 134 cm³/mol. The fourth-order valence-corrected chi connectivity index (χ4v) is 5.55. The van der Waals surface area contributed by atoms with Gasteiger partial charge in [0.1, 0.15) is 5.76 Å². The first-order chi connectivity index (χ1) is 16.5. The smallest absolute Gasteiger partial charge is 0.206 e. The molecule has 0 saturated carbocycles. The van der Waals surface area contributed by atoms with Gasteiger partial charge in [-0.3, -0.25) is 4.90 Å². The molecule has 0 bridgehead atoms. The van der Waals surface area contributed by atoms with Crippen molar-refractivity contribution in [3.63, 3.8) is 0 Å². The van der Waals surface area contributed by atoms with Crippen molar-refractivity contribution < 1.29 is 4.52 Å². The Bertz CT molecular complexity index is 1250. The number of nitrogens with one attached hydrogen (secondary N) is 1. The Hall–Kier alpha value is -3.20. The number of piperazine rings is 1. The van der Waals surface area contributed by atoms with Gasteiger partial charge < -0.3 is 25.0 Å². The van der Waals surface area contributed by atoms with E-state index in [4.69, 9.17) is 15.2 Å². The van der Waals surface area contributed by atoms with E-state index in [9.17, 15) is 0 Å². The molecular formula is C26H31N7O. The van der Waals surface area contributed by atoms with E-state index in [1.807, 2.05) is 32.0 Å². The average Bonchev–Trinajstić information content (AvgIpc) is 3.41. The Kier molecular flexibility index (Phi) is 5.17. The van der Waals surface area contributed by atoms with Crippen molar-refractivity contribution >= 4 is 17.0 Å². The molecule has 3 N–H and O–H groups in total. The zero-order valence-electron chi connectivity index (χ0n) is 19.9. The summed E-state index contributed by atoms with van der Waals surface area (Å²) in [6.45, 7) is 8.07. The number of likely N-dealkylation sites (N-methyl/N-ethyl adjacent to an activating group) is 1. The van der Waals surface area contributed by atoms with Crippen molar-refractivity contribution in [1.82, 2.24) is 24.9 Å². The third-order valence-corrected chi connectivity index (χ3v) is 7.45. The maximum atomic E-state index is 6.86. The highest BCUT2D eigenvalue weighted by atomic mass is 16.5. The molecule has 0 amide bonds. The lowest BCUT2D eigenvalue weighted by atomic mass is 9.82. The van der Waals surface area contributed by atoms with E-state index >= 15 is 0 Å². The molecule has 3 unspecified atom stereocenters. The zero-order valence-corrected chi connectivity index (χ0v) is 19.9. The lowest BCUT2D eigenvalue weighted by Crippen LogP contribution is -2.74. The maximum Gasteiger partial charge on any atom is 0.206 e. The number of aryl methyl sites for hydroxylation is 2. The van der Waals surface area contributed by atoms with Crippen LogP contribution in [-0.4, -0.2) is 70.5 Å². The van der Waals surface area contributed by atoms with E-state index in [1.165, 1.54) is 5.56 Å². The van der Waals surface area contributed by atoms with Gasteiger partial charge in [-0.1, -0.05) is 41.6 Å². The highest BCUT2D eigenvalue weighted by Gasteiger charge is 2.51. The molecule has 6 rings (SSSR count). The number of rotatable bonds is 4. The summed E-state index contributed by atoms with van der Waals surface area (Å²) in [5.74, 6) is 1.88. The average molecular weight is 458 g/mol. The van der Waals surface area contributed by atoms with Crippen LogP contribution in [0.5, 0.6) is 0 Å². The molecule has 4 aromatic rings. The Morgan fingerprint density at radius 3 is 2.41 bits per heavy atom. The van der Waals surface area contributed by atoms with E-state index in [-0.39, 0.29) is 18.2 Å². The Morgan fingerprint density at radius 2 is 1.74 bits per heavy atom. The number of fused-ring (bicyclic) bond motifs is 1. The normalized spacial score (nSPS) is 24.0. The Labute approximate surface area is 199 Å². The minimum atomic E-state index is -0.157. The van der Waals surface area contributed by atoms with Gasteiger partial charge in [0, 0.05) is 31.7 Å². The number of H-pyrrole nitrogens is 1. The van der Waals surface area contributed by atoms with Crippen LogP contribution in [0.1, 0.15) is 22.9 Å². The third-order valence-electron chi connectivity index (χ3n) is 7.45. The molecule has 0 aliphatic carbocycles. The third kappa shape index (κ3) is 3.41. The molecular weight excluding hydrogens is 426 g/mol. The number of benzene rings is 2. The molecule has 2 saturated heterocycles. The van der Waals surface area contributed by atoms with Crippen molar-refractivity contribution in [2.24, 2.45) is 5.73 Å². The Balaban J connectivity index is 1.34. The number of anilines is 1. The minimum Gasteiger partial charge on any atom is -0.361 e. The van der Waals surface area contributed by atoms with Gasteiger partial charge in [0.2, 0.25) is 5.95 Å². The highest BCUT2D eigenvalue weighted by molar-refractivity contribution is 5.78. The van der Waals surface area contributed by atoms with Crippen LogP contribution in [0.15, 0.2) is 53.1 Å². The lowest BCUT2D eigenvalue weighted by Gasteiger charge is -2.58. The Morgan fingerprint density at radius 1 is 1.00 bits per heavy atom. The van der Waals surface area contributed by atoms with Crippen molar-refractivity contribution in [2.45, 2.75) is 32.1 Å². The number of aromatic nitrogens is 3. The van der Waals surface area contributed by atoms with Gasteiger partial charge in [0.15, 0.2) is 0 Å². The monoisotopic (exact) mass is 457 g/mol. The molecule has 0 radical (unpaired) electrons. The molecule has 8 heteroatoms. The van der Waals surface area contributed by atoms with Crippen LogP contribution in [0.2, 0.25) is 0 Å². The number of imidazole rings is 1. The van der Waals surface area contributed by atoms with E-state index in [0.29, 0.717) is 0 Å². The van der Waals surface area contributed by atoms with Crippen LogP contribution in [0.4, 0.5) is 5.95 Å². The summed E-state index contributed by atoms with van der Waals surface area (Å²) in [6.07, 6.45) is 0.00399. The molecule has 2 aliphatic heterocycles. The molecule has 4 heterocycles. The molecule has 176 valence electrons. The van der Waals surface area contributed by atoms with Gasteiger partial charge in [-0.15, -0.1) is 0 Å². The highest BCUT2D eigenvalue weighted by Crippen LogP contribution is 2.43. The number of hydrogen-bond donors (Lipinski definition) is 2. The van der Waals surface area contributed by atoms with Crippen LogP contribution in [0.25, 0.3) is 22.2 Å². The molecule has 2 aromatic heterocycles. The maximum absolute atomic E-state index is 6.86. The number of para-hydroxylation sites is 2. The number of aromatic amines is 1. The summed E-state index contributed by atoms with van der Waals surface area (Å²) in [5, 5.41) is 4.11. The van der Waals surface area contributed by atoms with Crippen molar-refractivity contribution in [1.29, 1.82) is 0 Å². The van der Waals surface area contributed by atoms with Crippen LogP contribution < -0.4 is 10.6 Å².